The highest BCUT2D eigenvalue weighted by Crippen LogP contribution is 2.27. The van der Waals surface area contributed by atoms with Gasteiger partial charge < -0.3 is 5.32 Å². The minimum absolute atomic E-state index is 0.129. The van der Waals surface area contributed by atoms with Crippen molar-refractivity contribution < 1.29 is 14.5 Å². The number of hydrogen-bond acceptors (Lipinski definition) is 8. The van der Waals surface area contributed by atoms with Crippen LogP contribution in [0.2, 0.25) is 0 Å². The van der Waals surface area contributed by atoms with Gasteiger partial charge in [-0.25, -0.2) is 0 Å². The Hall–Kier alpha value is -3.31. The Morgan fingerprint density at radius 2 is 1.87 bits per heavy atom. The summed E-state index contributed by atoms with van der Waals surface area (Å²) in [4.78, 5) is 35.1. The van der Waals surface area contributed by atoms with Gasteiger partial charge in [-0.2, -0.15) is 0 Å². The van der Waals surface area contributed by atoms with E-state index in [1.165, 1.54) is 36.9 Å². The SMILES string of the molecule is Cc1ccccc1NC(=O)CSc1nnc(NC(=O)c2cccc([N+](=O)[O-])c2C)s1. The van der Waals surface area contributed by atoms with Crippen LogP contribution in [0.25, 0.3) is 0 Å². The first-order valence-corrected chi connectivity index (χ1v) is 10.5. The predicted octanol–water partition coefficient (Wildman–Crippen LogP) is 4.05. The smallest absolute Gasteiger partial charge is 0.273 e. The number of rotatable bonds is 7. The number of benzene rings is 2. The molecule has 0 saturated heterocycles. The highest BCUT2D eigenvalue weighted by molar-refractivity contribution is 8.01. The summed E-state index contributed by atoms with van der Waals surface area (Å²) in [6.45, 7) is 3.42. The monoisotopic (exact) mass is 443 g/mol. The molecule has 0 fully saturated rings. The molecule has 1 aromatic heterocycles. The summed E-state index contributed by atoms with van der Waals surface area (Å²) in [7, 11) is 0. The van der Waals surface area contributed by atoms with Gasteiger partial charge in [0.15, 0.2) is 4.34 Å². The van der Waals surface area contributed by atoms with Crippen molar-refractivity contribution in [3.8, 4) is 0 Å². The molecule has 9 nitrogen and oxygen atoms in total. The van der Waals surface area contributed by atoms with E-state index in [2.05, 4.69) is 20.8 Å². The Bertz CT molecular complexity index is 1120. The number of para-hydroxylation sites is 1. The van der Waals surface area contributed by atoms with E-state index in [9.17, 15) is 19.7 Å². The van der Waals surface area contributed by atoms with E-state index in [0.717, 1.165) is 22.6 Å². The molecule has 0 atom stereocenters. The van der Waals surface area contributed by atoms with E-state index in [1.54, 1.807) is 0 Å². The van der Waals surface area contributed by atoms with Crippen LogP contribution in [-0.4, -0.2) is 32.7 Å². The molecule has 0 saturated carbocycles. The zero-order valence-electron chi connectivity index (χ0n) is 16.0. The Morgan fingerprint density at radius 3 is 2.60 bits per heavy atom. The number of aryl methyl sites for hydroxylation is 1. The van der Waals surface area contributed by atoms with Crippen molar-refractivity contribution in [2.45, 2.75) is 18.2 Å². The van der Waals surface area contributed by atoms with Crippen LogP contribution in [0.4, 0.5) is 16.5 Å². The first-order valence-electron chi connectivity index (χ1n) is 8.72. The zero-order valence-corrected chi connectivity index (χ0v) is 17.7. The van der Waals surface area contributed by atoms with Crippen molar-refractivity contribution in [1.82, 2.24) is 10.2 Å². The van der Waals surface area contributed by atoms with Gasteiger partial charge in [0.1, 0.15) is 0 Å². The van der Waals surface area contributed by atoms with Crippen LogP contribution in [0.15, 0.2) is 46.8 Å². The van der Waals surface area contributed by atoms with E-state index in [-0.39, 0.29) is 33.6 Å². The van der Waals surface area contributed by atoms with Gasteiger partial charge in [-0.05, 0) is 31.5 Å². The molecule has 0 radical (unpaired) electrons. The van der Waals surface area contributed by atoms with E-state index < -0.39 is 10.8 Å². The minimum atomic E-state index is -0.534. The highest BCUT2D eigenvalue weighted by Gasteiger charge is 2.19. The average molecular weight is 444 g/mol. The third kappa shape index (κ3) is 5.19. The lowest BCUT2D eigenvalue weighted by atomic mass is 10.1. The van der Waals surface area contributed by atoms with Gasteiger partial charge in [-0.1, -0.05) is 47.4 Å². The number of nitrogens with zero attached hydrogens (tertiary/aromatic N) is 3. The molecule has 0 aliphatic rings. The summed E-state index contributed by atoms with van der Waals surface area (Å²) in [6, 6.07) is 11.8. The maximum atomic E-state index is 12.5. The maximum Gasteiger partial charge on any atom is 0.273 e. The predicted molar refractivity (Wildman–Crippen MR) is 116 cm³/mol. The van der Waals surface area contributed by atoms with Crippen molar-refractivity contribution >= 4 is 51.4 Å². The third-order valence-electron chi connectivity index (χ3n) is 4.12. The Morgan fingerprint density at radius 1 is 1.10 bits per heavy atom. The van der Waals surface area contributed by atoms with E-state index in [4.69, 9.17) is 0 Å². The number of nitro benzene ring substituents is 1. The van der Waals surface area contributed by atoms with Gasteiger partial charge in [-0.15, -0.1) is 10.2 Å². The van der Waals surface area contributed by atoms with Gasteiger partial charge in [-0.3, -0.25) is 25.0 Å². The minimum Gasteiger partial charge on any atom is -0.325 e. The number of nitro groups is 1. The van der Waals surface area contributed by atoms with Crippen LogP contribution < -0.4 is 10.6 Å². The standard InChI is InChI=1S/C19H17N5O4S2/c1-11-6-3-4-8-14(11)20-16(25)10-29-19-23-22-18(30-19)21-17(26)13-7-5-9-15(12(13)2)24(27)28/h3-9H,10H2,1-2H3,(H,20,25)(H,21,22,26). The number of carbonyl (C=O) groups excluding carboxylic acids is 2. The normalized spacial score (nSPS) is 10.5. The van der Waals surface area contributed by atoms with Crippen molar-refractivity contribution in [2.75, 3.05) is 16.4 Å². The molecule has 0 spiro atoms. The van der Waals surface area contributed by atoms with Crippen LogP contribution in [-0.2, 0) is 4.79 Å². The fourth-order valence-electron chi connectivity index (χ4n) is 2.58. The molecule has 2 aromatic carbocycles. The molecular formula is C19H17N5O4S2. The lowest BCUT2D eigenvalue weighted by molar-refractivity contribution is -0.385. The van der Waals surface area contributed by atoms with Crippen LogP contribution >= 0.6 is 23.1 Å². The van der Waals surface area contributed by atoms with Crippen molar-refractivity contribution in [2.24, 2.45) is 0 Å². The molecule has 0 aliphatic heterocycles. The molecule has 2 N–H and O–H groups in total. The van der Waals surface area contributed by atoms with Gasteiger partial charge >= 0.3 is 0 Å². The maximum absolute atomic E-state index is 12.5. The number of aromatic nitrogens is 2. The fraction of sp³-hybridized carbons (Fsp3) is 0.158. The number of anilines is 2. The average Bonchev–Trinajstić information content (AvgIpc) is 3.15. The summed E-state index contributed by atoms with van der Waals surface area (Å²) >= 11 is 2.32. The van der Waals surface area contributed by atoms with Gasteiger partial charge in [0, 0.05) is 22.9 Å². The summed E-state index contributed by atoms with van der Waals surface area (Å²) in [5.41, 5.74) is 2.04. The van der Waals surface area contributed by atoms with Crippen molar-refractivity contribution in [3.05, 3.63) is 69.3 Å². The number of hydrogen-bond donors (Lipinski definition) is 2. The van der Waals surface area contributed by atoms with Crippen LogP contribution in [0.5, 0.6) is 0 Å². The second-order valence-electron chi connectivity index (χ2n) is 6.19. The third-order valence-corrected chi connectivity index (χ3v) is 6.09. The summed E-state index contributed by atoms with van der Waals surface area (Å²) in [5.74, 6) is -0.551. The van der Waals surface area contributed by atoms with Crippen LogP contribution in [0, 0.1) is 24.0 Å². The van der Waals surface area contributed by atoms with Gasteiger partial charge in [0.25, 0.3) is 11.6 Å². The molecule has 0 unspecified atom stereocenters. The molecule has 3 rings (SSSR count). The summed E-state index contributed by atoms with van der Waals surface area (Å²) < 4.78 is 0.515. The quantitative estimate of drug-likeness (QED) is 0.244. The first-order chi connectivity index (χ1) is 14.3. The Kier molecular flexibility index (Phi) is 6.75. The van der Waals surface area contributed by atoms with E-state index in [1.807, 2.05) is 31.2 Å². The second-order valence-corrected chi connectivity index (χ2v) is 8.39. The van der Waals surface area contributed by atoms with E-state index >= 15 is 0 Å². The molecule has 0 bridgehead atoms. The largest absolute Gasteiger partial charge is 0.325 e. The lowest BCUT2D eigenvalue weighted by Crippen LogP contribution is -2.14. The van der Waals surface area contributed by atoms with Gasteiger partial charge in [0.05, 0.1) is 10.7 Å². The molecule has 2 amide bonds. The molecule has 0 aliphatic carbocycles. The lowest BCUT2D eigenvalue weighted by Gasteiger charge is -2.06. The number of amides is 2. The Balaban J connectivity index is 1.58. The summed E-state index contributed by atoms with van der Waals surface area (Å²) in [5, 5.41) is 24.6. The Labute approximate surface area is 180 Å². The number of nitrogens with one attached hydrogen (secondary N) is 2. The second kappa shape index (κ2) is 9.46. The first kappa shape index (κ1) is 21.4. The number of thioether (sulfide) groups is 1. The number of carbonyl (C=O) groups is 2. The molecule has 11 heteroatoms. The van der Waals surface area contributed by atoms with Crippen molar-refractivity contribution in [3.63, 3.8) is 0 Å². The fourth-order valence-corrected chi connectivity index (χ4v) is 4.12. The van der Waals surface area contributed by atoms with Crippen LogP contribution in [0.1, 0.15) is 21.5 Å². The van der Waals surface area contributed by atoms with Crippen LogP contribution in [0.3, 0.4) is 0 Å². The topological polar surface area (TPSA) is 127 Å². The molecule has 154 valence electrons. The molecule has 30 heavy (non-hydrogen) atoms. The highest BCUT2D eigenvalue weighted by atomic mass is 32.2. The van der Waals surface area contributed by atoms with Crippen molar-refractivity contribution in [1.29, 1.82) is 0 Å². The summed E-state index contributed by atoms with van der Waals surface area (Å²) in [6.07, 6.45) is 0. The molecule has 1 heterocycles. The van der Waals surface area contributed by atoms with E-state index in [0.29, 0.717) is 4.34 Å². The molecule has 3 aromatic rings. The van der Waals surface area contributed by atoms with Gasteiger partial charge in [0.2, 0.25) is 11.0 Å². The molecular weight excluding hydrogens is 426 g/mol. The zero-order chi connectivity index (χ0) is 21.7.